The van der Waals surface area contributed by atoms with Crippen molar-refractivity contribution >= 4 is 11.6 Å². The lowest BCUT2D eigenvalue weighted by Crippen LogP contribution is -2.30. The summed E-state index contributed by atoms with van der Waals surface area (Å²) in [7, 11) is 0. The number of benzene rings is 1. The van der Waals surface area contributed by atoms with Gasteiger partial charge in [0.25, 0.3) is 0 Å². The number of allylic oxidation sites excluding steroid dienone is 1. The number of phenolic OH excluding ortho intramolecular Hbond substituents is 1. The average Bonchev–Trinajstić information content (AvgIpc) is 2.32. The first-order valence-electron chi connectivity index (χ1n) is 5.81. The minimum Gasteiger partial charge on any atom is -0.508 e. The number of hydrogen-bond acceptors (Lipinski definition) is 2. The molecule has 0 saturated carbocycles. The number of phenols is 1. The molecule has 0 fully saturated rings. The van der Waals surface area contributed by atoms with Crippen LogP contribution in [-0.2, 0) is 4.79 Å². The Hall–Kier alpha value is -1.77. The lowest BCUT2D eigenvalue weighted by molar-refractivity contribution is -0.118. The molecule has 1 N–H and O–H groups in total. The molecule has 1 rings (SSSR count). The van der Waals surface area contributed by atoms with Gasteiger partial charge in [0.2, 0.25) is 5.91 Å². The van der Waals surface area contributed by atoms with Gasteiger partial charge in [-0.1, -0.05) is 12.1 Å². The molecule has 0 radical (unpaired) electrons. The second-order valence-electron chi connectivity index (χ2n) is 3.94. The second-order valence-corrected chi connectivity index (χ2v) is 3.94. The summed E-state index contributed by atoms with van der Waals surface area (Å²) in [6.07, 6.45) is 2.86. The summed E-state index contributed by atoms with van der Waals surface area (Å²) in [5.74, 6) is 0.238. The van der Waals surface area contributed by atoms with Crippen LogP contribution < -0.4 is 4.90 Å². The van der Waals surface area contributed by atoms with Gasteiger partial charge in [0.15, 0.2) is 0 Å². The number of carbonyl (C=O) groups is 1. The van der Waals surface area contributed by atoms with Gasteiger partial charge in [-0.05, 0) is 31.9 Å². The van der Waals surface area contributed by atoms with Crippen LogP contribution in [-0.4, -0.2) is 17.6 Å². The molecule has 1 amide bonds. The number of hydrogen-bond donors (Lipinski definition) is 1. The summed E-state index contributed by atoms with van der Waals surface area (Å²) in [6, 6.07) is 5.07. The van der Waals surface area contributed by atoms with Crippen molar-refractivity contribution in [2.24, 2.45) is 0 Å². The van der Waals surface area contributed by atoms with E-state index in [0.29, 0.717) is 19.4 Å². The standard InChI is InChI=1S/C14H19NO2/c1-4-6-7-14(17)15(5-2)13-10-12(16)9-8-11(13)3/h4,8-10,16H,1,5-7H2,2-3H3. The van der Waals surface area contributed by atoms with Crippen molar-refractivity contribution in [1.82, 2.24) is 0 Å². The Morgan fingerprint density at radius 3 is 2.82 bits per heavy atom. The number of amides is 1. The highest BCUT2D eigenvalue weighted by Crippen LogP contribution is 2.25. The third kappa shape index (κ3) is 3.34. The van der Waals surface area contributed by atoms with Crippen molar-refractivity contribution in [3.63, 3.8) is 0 Å². The van der Waals surface area contributed by atoms with E-state index in [1.54, 1.807) is 23.1 Å². The molecular weight excluding hydrogens is 214 g/mol. The van der Waals surface area contributed by atoms with Crippen LogP contribution in [0.2, 0.25) is 0 Å². The Kier molecular flexibility index (Phi) is 4.76. The minimum atomic E-state index is 0.0566. The molecule has 0 bridgehead atoms. The van der Waals surface area contributed by atoms with E-state index in [4.69, 9.17) is 0 Å². The lowest BCUT2D eigenvalue weighted by Gasteiger charge is -2.23. The summed E-state index contributed by atoms with van der Waals surface area (Å²) < 4.78 is 0. The zero-order valence-electron chi connectivity index (χ0n) is 10.4. The highest BCUT2D eigenvalue weighted by atomic mass is 16.3. The molecule has 0 aromatic heterocycles. The lowest BCUT2D eigenvalue weighted by atomic mass is 10.1. The van der Waals surface area contributed by atoms with Crippen LogP contribution >= 0.6 is 0 Å². The normalized spacial score (nSPS) is 10.0. The predicted octanol–water partition coefficient (Wildman–Crippen LogP) is 3.02. The van der Waals surface area contributed by atoms with Gasteiger partial charge in [-0.2, -0.15) is 0 Å². The fourth-order valence-corrected chi connectivity index (χ4v) is 1.73. The number of aryl methyl sites for hydroxylation is 1. The molecule has 3 heteroatoms. The van der Waals surface area contributed by atoms with Crippen molar-refractivity contribution in [3.8, 4) is 5.75 Å². The Balaban J connectivity index is 2.96. The maximum Gasteiger partial charge on any atom is 0.227 e. The first-order valence-corrected chi connectivity index (χ1v) is 5.81. The zero-order chi connectivity index (χ0) is 12.8. The summed E-state index contributed by atoms with van der Waals surface area (Å²) in [5, 5.41) is 9.49. The van der Waals surface area contributed by atoms with Gasteiger partial charge in [-0.3, -0.25) is 4.79 Å². The fraction of sp³-hybridized carbons (Fsp3) is 0.357. The van der Waals surface area contributed by atoms with Gasteiger partial charge in [0, 0.05) is 19.0 Å². The molecule has 0 heterocycles. The molecule has 0 aliphatic carbocycles. The van der Waals surface area contributed by atoms with Crippen LogP contribution in [0.1, 0.15) is 25.3 Å². The highest BCUT2D eigenvalue weighted by Gasteiger charge is 2.15. The third-order valence-corrected chi connectivity index (χ3v) is 2.66. The molecule has 17 heavy (non-hydrogen) atoms. The number of nitrogens with zero attached hydrogens (tertiary/aromatic N) is 1. The van der Waals surface area contributed by atoms with E-state index in [1.165, 1.54) is 0 Å². The molecule has 0 saturated heterocycles. The van der Waals surface area contributed by atoms with E-state index in [9.17, 15) is 9.90 Å². The molecule has 1 aromatic rings. The largest absolute Gasteiger partial charge is 0.508 e. The van der Waals surface area contributed by atoms with Gasteiger partial charge in [-0.25, -0.2) is 0 Å². The van der Waals surface area contributed by atoms with Crippen molar-refractivity contribution in [1.29, 1.82) is 0 Å². The molecule has 0 aliphatic rings. The van der Waals surface area contributed by atoms with Crippen molar-refractivity contribution in [2.75, 3.05) is 11.4 Å². The smallest absolute Gasteiger partial charge is 0.227 e. The molecule has 92 valence electrons. The number of anilines is 1. The molecule has 0 aliphatic heterocycles. The van der Waals surface area contributed by atoms with Crippen LogP contribution in [0.15, 0.2) is 30.9 Å². The maximum atomic E-state index is 12.0. The molecule has 1 aromatic carbocycles. The molecule has 0 atom stereocenters. The van der Waals surface area contributed by atoms with E-state index < -0.39 is 0 Å². The average molecular weight is 233 g/mol. The van der Waals surface area contributed by atoms with Crippen molar-refractivity contribution in [3.05, 3.63) is 36.4 Å². The van der Waals surface area contributed by atoms with Crippen LogP contribution in [0.4, 0.5) is 5.69 Å². The molecule has 0 spiro atoms. The minimum absolute atomic E-state index is 0.0566. The van der Waals surface area contributed by atoms with Crippen LogP contribution in [0.3, 0.4) is 0 Å². The highest BCUT2D eigenvalue weighted by molar-refractivity contribution is 5.94. The van der Waals surface area contributed by atoms with Crippen LogP contribution in [0.5, 0.6) is 5.75 Å². The summed E-state index contributed by atoms with van der Waals surface area (Å²) in [5.41, 5.74) is 1.76. The van der Waals surface area contributed by atoms with E-state index in [1.807, 2.05) is 19.9 Å². The Bertz CT molecular complexity index is 413. The van der Waals surface area contributed by atoms with E-state index >= 15 is 0 Å². The van der Waals surface area contributed by atoms with Gasteiger partial charge in [0.05, 0.1) is 5.69 Å². The van der Waals surface area contributed by atoms with E-state index in [0.717, 1.165) is 11.3 Å². The summed E-state index contributed by atoms with van der Waals surface area (Å²) in [4.78, 5) is 13.7. The van der Waals surface area contributed by atoms with Crippen molar-refractivity contribution < 1.29 is 9.90 Å². The van der Waals surface area contributed by atoms with Gasteiger partial charge < -0.3 is 10.0 Å². The quantitative estimate of drug-likeness (QED) is 0.794. The maximum absolute atomic E-state index is 12.0. The van der Waals surface area contributed by atoms with Gasteiger partial charge >= 0.3 is 0 Å². The van der Waals surface area contributed by atoms with E-state index in [2.05, 4.69) is 6.58 Å². The topological polar surface area (TPSA) is 40.5 Å². The number of carbonyl (C=O) groups excluding carboxylic acids is 1. The zero-order valence-corrected chi connectivity index (χ0v) is 10.4. The third-order valence-electron chi connectivity index (χ3n) is 2.66. The number of rotatable bonds is 5. The van der Waals surface area contributed by atoms with Crippen LogP contribution in [0.25, 0.3) is 0 Å². The SMILES string of the molecule is C=CCCC(=O)N(CC)c1cc(O)ccc1C. The Morgan fingerprint density at radius 1 is 1.53 bits per heavy atom. The summed E-state index contributed by atoms with van der Waals surface area (Å²) >= 11 is 0. The number of aromatic hydroxyl groups is 1. The molecule has 0 unspecified atom stereocenters. The predicted molar refractivity (Wildman–Crippen MR) is 70.3 cm³/mol. The first kappa shape index (κ1) is 13.3. The molecule has 3 nitrogen and oxygen atoms in total. The molecular formula is C14H19NO2. The van der Waals surface area contributed by atoms with Crippen LogP contribution in [0, 0.1) is 6.92 Å². The summed E-state index contributed by atoms with van der Waals surface area (Å²) in [6.45, 7) is 8.06. The Morgan fingerprint density at radius 2 is 2.24 bits per heavy atom. The van der Waals surface area contributed by atoms with Gasteiger partial charge in [0.1, 0.15) is 5.75 Å². The fourth-order valence-electron chi connectivity index (χ4n) is 1.73. The first-order chi connectivity index (χ1) is 8.10. The second kappa shape index (κ2) is 6.09. The van der Waals surface area contributed by atoms with E-state index in [-0.39, 0.29) is 11.7 Å². The monoisotopic (exact) mass is 233 g/mol. The van der Waals surface area contributed by atoms with Gasteiger partial charge in [-0.15, -0.1) is 6.58 Å². The Labute approximate surface area is 102 Å². The van der Waals surface area contributed by atoms with Crippen molar-refractivity contribution in [2.45, 2.75) is 26.7 Å².